The first-order chi connectivity index (χ1) is 8.36. The number of thioether (sulfide) groups is 1. The normalized spacial score (nSPS) is 10.9. The number of fused-ring (bicyclic) bond motifs is 1. The highest BCUT2D eigenvalue weighted by Gasteiger charge is 2.08. The Hall–Kier alpha value is -1.81. The van der Waals surface area contributed by atoms with Gasteiger partial charge in [-0.15, -0.1) is 11.8 Å². The lowest BCUT2D eigenvalue weighted by molar-refractivity contribution is 0.619. The second-order valence-electron chi connectivity index (χ2n) is 3.58. The standard InChI is InChI=1S/C13H10N2OS/c1-17-10-5-2-4-9(8-10)13-15-12-11(16-13)6-3-7-14-12/h2-8H,1H3. The number of pyridine rings is 1. The molecule has 0 unspecified atom stereocenters. The van der Waals surface area contributed by atoms with E-state index in [1.807, 2.05) is 30.5 Å². The molecule has 84 valence electrons. The van der Waals surface area contributed by atoms with E-state index >= 15 is 0 Å². The van der Waals surface area contributed by atoms with Crippen LogP contribution in [-0.2, 0) is 0 Å². The molecule has 3 rings (SSSR count). The number of hydrogen-bond acceptors (Lipinski definition) is 4. The van der Waals surface area contributed by atoms with Gasteiger partial charge in [-0.05, 0) is 36.6 Å². The average Bonchev–Trinajstić information content (AvgIpc) is 2.82. The van der Waals surface area contributed by atoms with Crippen molar-refractivity contribution in [3.05, 3.63) is 42.6 Å². The second kappa shape index (κ2) is 4.22. The first-order valence-corrected chi connectivity index (χ1v) is 6.45. The van der Waals surface area contributed by atoms with Crippen molar-refractivity contribution < 1.29 is 4.42 Å². The van der Waals surface area contributed by atoms with Crippen LogP contribution in [0.15, 0.2) is 51.9 Å². The second-order valence-corrected chi connectivity index (χ2v) is 4.46. The van der Waals surface area contributed by atoms with Crippen molar-refractivity contribution in [2.24, 2.45) is 0 Å². The van der Waals surface area contributed by atoms with Crippen LogP contribution in [0.4, 0.5) is 0 Å². The fourth-order valence-corrected chi connectivity index (χ4v) is 2.11. The molecular formula is C13H10N2OS. The Morgan fingerprint density at radius 1 is 1.18 bits per heavy atom. The van der Waals surface area contributed by atoms with Crippen LogP contribution in [0.3, 0.4) is 0 Å². The largest absolute Gasteiger partial charge is 0.434 e. The zero-order valence-corrected chi connectivity index (χ0v) is 10.1. The quantitative estimate of drug-likeness (QED) is 0.643. The number of nitrogens with zero attached hydrogens (tertiary/aromatic N) is 2. The van der Waals surface area contributed by atoms with E-state index in [4.69, 9.17) is 4.42 Å². The predicted molar refractivity (Wildman–Crippen MR) is 69.0 cm³/mol. The summed E-state index contributed by atoms with van der Waals surface area (Å²) in [4.78, 5) is 9.72. The molecule has 0 aliphatic heterocycles. The molecule has 1 aromatic carbocycles. The molecule has 0 N–H and O–H groups in total. The number of benzene rings is 1. The molecule has 2 heterocycles. The maximum atomic E-state index is 5.67. The maximum absolute atomic E-state index is 5.67. The van der Waals surface area contributed by atoms with Crippen LogP contribution in [0.1, 0.15) is 0 Å². The zero-order chi connectivity index (χ0) is 11.7. The topological polar surface area (TPSA) is 38.9 Å². The molecule has 0 saturated heterocycles. The van der Waals surface area contributed by atoms with E-state index in [0.717, 1.165) is 11.1 Å². The molecule has 0 aliphatic rings. The summed E-state index contributed by atoms with van der Waals surface area (Å²) in [5, 5.41) is 0. The van der Waals surface area contributed by atoms with Crippen LogP contribution in [-0.4, -0.2) is 16.2 Å². The van der Waals surface area contributed by atoms with Gasteiger partial charge >= 0.3 is 0 Å². The number of rotatable bonds is 2. The zero-order valence-electron chi connectivity index (χ0n) is 9.25. The third-order valence-electron chi connectivity index (χ3n) is 2.48. The molecule has 0 aliphatic carbocycles. The fraction of sp³-hybridized carbons (Fsp3) is 0.0769. The van der Waals surface area contributed by atoms with Crippen LogP contribution >= 0.6 is 11.8 Å². The van der Waals surface area contributed by atoms with Gasteiger partial charge in [0.15, 0.2) is 11.2 Å². The van der Waals surface area contributed by atoms with E-state index in [-0.39, 0.29) is 0 Å². The molecule has 0 amide bonds. The van der Waals surface area contributed by atoms with Crippen molar-refractivity contribution in [1.82, 2.24) is 9.97 Å². The van der Waals surface area contributed by atoms with Crippen LogP contribution in [0.25, 0.3) is 22.7 Å². The van der Waals surface area contributed by atoms with Crippen molar-refractivity contribution in [3.8, 4) is 11.5 Å². The lowest BCUT2D eigenvalue weighted by Gasteiger charge is -1.98. The number of aromatic nitrogens is 2. The van der Waals surface area contributed by atoms with E-state index in [2.05, 4.69) is 22.1 Å². The van der Waals surface area contributed by atoms with Crippen LogP contribution in [0.2, 0.25) is 0 Å². The molecule has 3 aromatic rings. The summed E-state index contributed by atoms with van der Waals surface area (Å²) in [5.41, 5.74) is 2.35. The van der Waals surface area contributed by atoms with Crippen LogP contribution in [0.5, 0.6) is 0 Å². The highest BCUT2D eigenvalue weighted by atomic mass is 32.2. The van der Waals surface area contributed by atoms with E-state index in [1.54, 1.807) is 18.0 Å². The van der Waals surface area contributed by atoms with Gasteiger partial charge < -0.3 is 4.42 Å². The van der Waals surface area contributed by atoms with Crippen molar-refractivity contribution in [2.75, 3.05) is 6.26 Å². The Kier molecular flexibility index (Phi) is 2.57. The van der Waals surface area contributed by atoms with E-state index in [1.165, 1.54) is 4.90 Å². The molecular weight excluding hydrogens is 232 g/mol. The first-order valence-electron chi connectivity index (χ1n) is 5.23. The smallest absolute Gasteiger partial charge is 0.228 e. The molecule has 0 saturated carbocycles. The summed E-state index contributed by atoms with van der Waals surface area (Å²) in [7, 11) is 0. The third-order valence-corrected chi connectivity index (χ3v) is 3.21. The van der Waals surface area contributed by atoms with E-state index in [0.29, 0.717) is 11.5 Å². The minimum atomic E-state index is 0.620. The molecule has 0 spiro atoms. The Balaban J connectivity index is 2.13. The lowest BCUT2D eigenvalue weighted by Crippen LogP contribution is -1.78. The summed E-state index contributed by atoms with van der Waals surface area (Å²) in [5.74, 6) is 0.620. The molecule has 0 fully saturated rings. The van der Waals surface area contributed by atoms with Crippen molar-refractivity contribution in [3.63, 3.8) is 0 Å². The molecule has 17 heavy (non-hydrogen) atoms. The lowest BCUT2D eigenvalue weighted by atomic mass is 10.2. The maximum Gasteiger partial charge on any atom is 0.228 e. The molecule has 0 radical (unpaired) electrons. The van der Waals surface area contributed by atoms with Gasteiger partial charge in [-0.1, -0.05) is 6.07 Å². The highest BCUT2D eigenvalue weighted by Crippen LogP contribution is 2.26. The van der Waals surface area contributed by atoms with Gasteiger partial charge in [0.2, 0.25) is 5.89 Å². The Labute approximate surface area is 103 Å². The minimum absolute atomic E-state index is 0.620. The first kappa shape index (κ1) is 10.4. The molecule has 0 atom stereocenters. The molecule has 4 heteroatoms. The summed E-state index contributed by atoms with van der Waals surface area (Å²) in [6, 6.07) is 11.8. The fourth-order valence-electron chi connectivity index (χ4n) is 1.65. The van der Waals surface area contributed by atoms with Crippen molar-refractivity contribution >= 4 is 23.0 Å². The van der Waals surface area contributed by atoms with E-state index < -0.39 is 0 Å². The van der Waals surface area contributed by atoms with Crippen LogP contribution in [0, 0.1) is 0 Å². The van der Waals surface area contributed by atoms with Crippen molar-refractivity contribution in [2.45, 2.75) is 4.90 Å². The Morgan fingerprint density at radius 2 is 2.12 bits per heavy atom. The Bertz CT molecular complexity index is 630. The highest BCUT2D eigenvalue weighted by molar-refractivity contribution is 7.98. The summed E-state index contributed by atoms with van der Waals surface area (Å²) in [6.45, 7) is 0. The molecule has 0 bridgehead atoms. The summed E-state index contributed by atoms with van der Waals surface area (Å²) in [6.07, 6.45) is 3.76. The monoisotopic (exact) mass is 242 g/mol. The van der Waals surface area contributed by atoms with Gasteiger partial charge in [-0.2, -0.15) is 4.98 Å². The Morgan fingerprint density at radius 3 is 2.94 bits per heavy atom. The number of hydrogen-bond donors (Lipinski definition) is 0. The van der Waals surface area contributed by atoms with Gasteiger partial charge in [0, 0.05) is 16.7 Å². The van der Waals surface area contributed by atoms with E-state index in [9.17, 15) is 0 Å². The van der Waals surface area contributed by atoms with Gasteiger partial charge in [-0.3, -0.25) is 0 Å². The SMILES string of the molecule is CSc1cccc(-c2nc3ncccc3o2)c1. The van der Waals surface area contributed by atoms with Crippen LogP contribution < -0.4 is 0 Å². The summed E-state index contributed by atoms with van der Waals surface area (Å²) < 4.78 is 5.67. The van der Waals surface area contributed by atoms with Gasteiger partial charge in [-0.25, -0.2) is 4.98 Å². The van der Waals surface area contributed by atoms with Crippen molar-refractivity contribution in [1.29, 1.82) is 0 Å². The molecule has 3 nitrogen and oxygen atoms in total. The minimum Gasteiger partial charge on any atom is -0.434 e. The van der Waals surface area contributed by atoms with Gasteiger partial charge in [0.25, 0.3) is 0 Å². The summed E-state index contributed by atoms with van der Waals surface area (Å²) >= 11 is 1.70. The number of oxazole rings is 1. The van der Waals surface area contributed by atoms with Gasteiger partial charge in [0.05, 0.1) is 0 Å². The third kappa shape index (κ3) is 1.91. The van der Waals surface area contributed by atoms with Gasteiger partial charge in [0.1, 0.15) is 0 Å². The predicted octanol–water partition coefficient (Wildman–Crippen LogP) is 3.61. The average molecular weight is 242 g/mol. The molecule has 2 aromatic heterocycles.